The maximum Gasteiger partial charge on any atom is 0.254 e. The number of rotatable bonds is 2. The van der Waals surface area contributed by atoms with E-state index in [4.69, 9.17) is 4.98 Å². The molecule has 7 nitrogen and oxygen atoms in total. The standard InChI is InChI=1S/C20H16N6O/c27-18-20-8-6-14(7-9-20)26(20)17-15(23-18)12-22-19(24-17)25-11-10-21-16(25)13-4-2-1-3-5-13/h1-6,8,10-12,14H,7,9H2,(H,23,27). The van der Waals surface area contributed by atoms with Crippen molar-refractivity contribution in [3.63, 3.8) is 0 Å². The van der Waals surface area contributed by atoms with E-state index >= 15 is 0 Å². The average Bonchev–Trinajstić information content (AvgIpc) is 3.43. The van der Waals surface area contributed by atoms with E-state index in [0.717, 1.165) is 30.0 Å². The van der Waals surface area contributed by atoms with Crippen LogP contribution in [0.4, 0.5) is 11.5 Å². The molecule has 1 aromatic carbocycles. The Morgan fingerprint density at radius 1 is 1.19 bits per heavy atom. The van der Waals surface area contributed by atoms with Crippen LogP contribution in [-0.4, -0.2) is 37.0 Å². The van der Waals surface area contributed by atoms with Crippen molar-refractivity contribution in [2.24, 2.45) is 0 Å². The first-order valence-corrected chi connectivity index (χ1v) is 9.03. The first-order chi connectivity index (χ1) is 13.3. The molecule has 6 rings (SSSR count). The molecule has 3 aromatic rings. The topological polar surface area (TPSA) is 75.9 Å². The number of fused-ring (bicyclic) bond motifs is 1. The molecule has 132 valence electrons. The molecule has 27 heavy (non-hydrogen) atoms. The van der Waals surface area contributed by atoms with Gasteiger partial charge in [0.15, 0.2) is 5.82 Å². The van der Waals surface area contributed by atoms with Gasteiger partial charge in [-0.2, -0.15) is 4.98 Å². The van der Waals surface area contributed by atoms with E-state index in [9.17, 15) is 4.79 Å². The third-order valence-electron chi connectivity index (χ3n) is 5.69. The molecule has 0 saturated carbocycles. The van der Waals surface area contributed by atoms with Gasteiger partial charge in [-0.25, -0.2) is 9.97 Å². The Bertz CT molecular complexity index is 1100. The normalized spacial score (nSPS) is 24.7. The molecule has 3 aliphatic rings. The van der Waals surface area contributed by atoms with E-state index in [2.05, 4.69) is 26.3 Å². The summed E-state index contributed by atoms with van der Waals surface area (Å²) in [6.07, 6.45) is 11.2. The van der Waals surface area contributed by atoms with Gasteiger partial charge in [0.1, 0.15) is 17.1 Å². The summed E-state index contributed by atoms with van der Waals surface area (Å²) in [5.74, 6) is 2.12. The molecule has 1 N–H and O–H groups in total. The molecule has 1 fully saturated rings. The van der Waals surface area contributed by atoms with E-state index in [0.29, 0.717) is 11.6 Å². The molecule has 3 aliphatic heterocycles. The highest BCUT2D eigenvalue weighted by molar-refractivity contribution is 6.09. The van der Waals surface area contributed by atoms with Crippen LogP contribution in [0.2, 0.25) is 0 Å². The Labute approximate surface area is 155 Å². The van der Waals surface area contributed by atoms with Gasteiger partial charge < -0.3 is 10.2 Å². The molecule has 2 bridgehead atoms. The van der Waals surface area contributed by atoms with Crippen molar-refractivity contribution >= 4 is 17.4 Å². The predicted octanol–water partition coefficient (Wildman–Crippen LogP) is 2.56. The summed E-state index contributed by atoms with van der Waals surface area (Å²) in [6.45, 7) is 0. The first kappa shape index (κ1) is 14.7. The van der Waals surface area contributed by atoms with Crippen LogP contribution in [0.25, 0.3) is 17.3 Å². The molecule has 1 amide bonds. The number of benzene rings is 1. The number of anilines is 2. The van der Waals surface area contributed by atoms with E-state index in [1.807, 2.05) is 47.2 Å². The number of amides is 1. The molecular formula is C20H16N6O. The van der Waals surface area contributed by atoms with Gasteiger partial charge in [-0.1, -0.05) is 42.5 Å². The second-order valence-electron chi connectivity index (χ2n) is 7.11. The Morgan fingerprint density at radius 2 is 2.07 bits per heavy atom. The lowest BCUT2D eigenvalue weighted by Crippen LogP contribution is -2.54. The molecular weight excluding hydrogens is 340 g/mol. The van der Waals surface area contributed by atoms with Crippen LogP contribution in [0.15, 0.2) is 61.1 Å². The van der Waals surface area contributed by atoms with E-state index in [1.165, 1.54) is 0 Å². The van der Waals surface area contributed by atoms with Gasteiger partial charge in [0.05, 0.1) is 12.2 Å². The SMILES string of the molecule is O=C1Nc2cnc(-n3ccnc3-c3ccccc3)nc2N2C3C=CC12CC3. The zero-order chi connectivity index (χ0) is 18.0. The van der Waals surface area contributed by atoms with Crippen molar-refractivity contribution in [2.45, 2.75) is 24.4 Å². The monoisotopic (exact) mass is 356 g/mol. The number of nitrogens with one attached hydrogen (secondary N) is 1. The summed E-state index contributed by atoms with van der Waals surface area (Å²) in [7, 11) is 0. The maximum absolute atomic E-state index is 12.7. The second-order valence-corrected chi connectivity index (χ2v) is 7.11. The average molecular weight is 356 g/mol. The zero-order valence-corrected chi connectivity index (χ0v) is 14.4. The van der Waals surface area contributed by atoms with Crippen molar-refractivity contribution in [1.29, 1.82) is 0 Å². The fraction of sp³-hybridized carbons (Fsp3) is 0.200. The van der Waals surface area contributed by atoms with E-state index in [-0.39, 0.29) is 11.9 Å². The van der Waals surface area contributed by atoms with Crippen molar-refractivity contribution in [3.05, 3.63) is 61.1 Å². The summed E-state index contributed by atoms with van der Waals surface area (Å²) >= 11 is 0. The van der Waals surface area contributed by atoms with Gasteiger partial charge in [0.2, 0.25) is 5.95 Å². The van der Waals surface area contributed by atoms with Crippen LogP contribution < -0.4 is 10.2 Å². The van der Waals surface area contributed by atoms with Crippen molar-refractivity contribution < 1.29 is 4.79 Å². The number of hydrogen-bond donors (Lipinski definition) is 1. The number of nitrogens with zero attached hydrogens (tertiary/aromatic N) is 5. The highest BCUT2D eigenvalue weighted by Crippen LogP contribution is 2.49. The van der Waals surface area contributed by atoms with Gasteiger partial charge >= 0.3 is 0 Å². The molecule has 7 heteroatoms. The van der Waals surface area contributed by atoms with E-state index in [1.54, 1.807) is 12.4 Å². The van der Waals surface area contributed by atoms with Crippen molar-refractivity contribution in [1.82, 2.24) is 19.5 Å². The van der Waals surface area contributed by atoms with Crippen LogP contribution in [0.5, 0.6) is 0 Å². The Hall–Kier alpha value is -3.48. The fourth-order valence-electron chi connectivity index (χ4n) is 4.42. The summed E-state index contributed by atoms with van der Waals surface area (Å²) < 4.78 is 1.88. The second kappa shape index (κ2) is 5.03. The molecule has 5 heterocycles. The Kier molecular flexibility index (Phi) is 2.73. The number of carbonyl (C=O) groups excluding carboxylic acids is 1. The highest BCUT2D eigenvalue weighted by atomic mass is 16.2. The van der Waals surface area contributed by atoms with Gasteiger partial charge in [0.25, 0.3) is 5.91 Å². The number of imidazole rings is 1. The summed E-state index contributed by atoms with van der Waals surface area (Å²) in [5, 5.41) is 2.99. The highest BCUT2D eigenvalue weighted by Gasteiger charge is 2.56. The van der Waals surface area contributed by atoms with Gasteiger partial charge in [-0.05, 0) is 12.8 Å². The van der Waals surface area contributed by atoms with Crippen LogP contribution in [0.3, 0.4) is 0 Å². The predicted molar refractivity (Wildman–Crippen MR) is 101 cm³/mol. The Morgan fingerprint density at radius 3 is 2.89 bits per heavy atom. The van der Waals surface area contributed by atoms with E-state index < -0.39 is 5.54 Å². The minimum absolute atomic E-state index is 0.00945. The molecule has 0 aliphatic carbocycles. The molecule has 1 saturated heterocycles. The fourth-order valence-corrected chi connectivity index (χ4v) is 4.42. The van der Waals surface area contributed by atoms with Crippen LogP contribution in [0, 0.1) is 0 Å². The summed E-state index contributed by atoms with van der Waals surface area (Å²) in [4.78, 5) is 28.6. The number of aromatic nitrogens is 4. The molecule has 0 radical (unpaired) electrons. The zero-order valence-electron chi connectivity index (χ0n) is 14.4. The maximum atomic E-state index is 12.7. The van der Waals surface area contributed by atoms with Gasteiger partial charge in [-0.15, -0.1) is 0 Å². The number of hydrogen-bond acceptors (Lipinski definition) is 5. The van der Waals surface area contributed by atoms with Crippen molar-refractivity contribution in [3.8, 4) is 17.3 Å². The third kappa shape index (κ3) is 1.85. The first-order valence-electron chi connectivity index (χ1n) is 9.03. The third-order valence-corrected chi connectivity index (χ3v) is 5.69. The molecule has 2 atom stereocenters. The Balaban J connectivity index is 1.49. The lowest BCUT2D eigenvalue weighted by molar-refractivity contribution is -0.119. The minimum atomic E-state index is -0.597. The molecule has 2 unspecified atom stereocenters. The summed E-state index contributed by atoms with van der Waals surface area (Å²) in [6, 6.07) is 10.2. The number of carbonyl (C=O) groups is 1. The van der Waals surface area contributed by atoms with Crippen molar-refractivity contribution in [2.75, 3.05) is 10.2 Å². The summed E-state index contributed by atoms with van der Waals surface area (Å²) in [5.41, 5.74) is 1.06. The van der Waals surface area contributed by atoms with Crippen LogP contribution in [-0.2, 0) is 4.79 Å². The van der Waals surface area contributed by atoms with Crippen LogP contribution >= 0.6 is 0 Å². The molecule has 0 spiro atoms. The lowest BCUT2D eigenvalue weighted by Gasteiger charge is -2.39. The minimum Gasteiger partial charge on any atom is -0.330 e. The smallest absolute Gasteiger partial charge is 0.254 e. The largest absolute Gasteiger partial charge is 0.330 e. The quantitative estimate of drug-likeness (QED) is 0.714. The lowest BCUT2D eigenvalue weighted by atomic mass is 9.91. The molecule has 2 aromatic heterocycles. The van der Waals surface area contributed by atoms with Gasteiger partial charge in [0, 0.05) is 18.0 Å². The van der Waals surface area contributed by atoms with Gasteiger partial charge in [-0.3, -0.25) is 9.36 Å². The van der Waals surface area contributed by atoms with Crippen LogP contribution in [0.1, 0.15) is 12.8 Å².